The Balaban J connectivity index is 2.12. The van der Waals surface area contributed by atoms with Crippen LogP contribution in [0.4, 0.5) is 5.69 Å². The van der Waals surface area contributed by atoms with Crippen molar-refractivity contribution in [2.24, 2.45) is 5.73 Å². The Bertz CT molecular complexity index is 460. The van der Waals surface area contributed by atoms with E-state index in [-0.39, 0.29) is 6.04 Å². The number of thiophene rings is 1. The minimum Gasteiger partial charge on any atom is -0.367 e. The lowest BCUT2D eigenvalue weighted by Crippen LogP contribution is -2.21. The second-order valence-electron chi connectivity index (χ2n) is 4.47. The predicted molar refractivity (Wildman–Crippen MR) is 80.1 cm³/mol. The van der Waals surface area contributed by atoms with Gasteiger partial charge in [-0.2, -0.15) is 0 Å². The van der Waals surface area contributed by atoms with Gasteiger partial charge in [-0.3, -0.25) is 0 Å². The van der Waals surface area contributed by atoms with Crippen LogP contribution in [0.1, 0.15) is 30.3 Å². The van der Waals surface area contributed by atoms with Crippen LogP contribution in [0.3, 0.4) is 0 Å². The number of nitrogens with two attached hydrogens (primary N) is 1. The first-order valence-electron chi connectivity index (χ1n) is 6.33. The molecule has 0 aliphatic heterocycles. The highest BCUT2D eigenvalue weighted by atomic mass is 32.1. The highest BCUT2D eigenvalue weighted by molar-refractivity contribution is 7.09. The van der Waals surface area contributed by atoms with Crippen molar-refractivity contribution in [3.05, 3.63) is 52.2 Å². The molecule has 0 aliphatic rings. The van der Waals surface area contributed by atoms with Crippen LogP contribution < -0.4 is 10.6 Å². The number of hydrogen-bond acceptors (Lipinski definition) is 3. The fraction of sp³-hybridized carbons (Fsp3) is 0.333. The Kier molecular flexibility index (Phi) is 4.39. The van der Waals surface area contributed by atoms with Crippen LogP contribution in [0.2, 0.25) is 0 Å². The van der Waals surface area contributed by atoms with Gasteiger partial charge in [-0.15, -0.1) is 11.3 Å². The highest BCUT2D eigenvalue weighted by Gasteiger charge is 2.06. The first-order valence-corrected chi connectivity index (χ1v) is 7.21. The molecular formula is C15H20N2S. The zero-order chi connectivity index (χ0) is 13.0. The molecule has 18 heavy (non-hydrogen) atoms. The van der Waals surface area contributed by atoms with Gasteiger partial charge in [-0.1, -0.05) is 18.2 Å². The van der Waals surface area contributed by atoms with Gasteiger partial charge in [0.1, 0.15) is 0 Å². The van der Waals surface area contributed by atoms with Gasteiger partial charge in [-0.25, -0.2) is 0 Å². The third-order valence-corrected chi connectivity index (χ3v) is 3.95. The second kappa shape index (κ2) is 6.03. The van der Waals surface area contributed by atoms with Crippen LogP contribution in [0, 0.1) is 0 Å². The number of hydrogen-bond donors (Lipinski definition) is 1. The van der Waals surface area contributed by atoms with Gasteiger partial charge in [0.25, 0.3) is 0 Å². The van der Waals surface area contributed by atoms with E-state index in [9.17, 15) is 0 Å². The lowest BCUT2D eigenvalue weighted by molar-refractivity contribution is 0.812. The molecule has 0 aliphatic carbocycles. The minimum absolute atomic E-state index is 0.103. The van der Waals surface area contributed by atoms with Crippen LogP contribution in [0.25, 0.3) is 0 Å². The number of anilines is 1. The van der Waals surface area contributed by atoms with E-state index in [2.05, 4.69) is 53.6 Å². The molecular weight excluding hydrogens is 240 g/mol. The molecule has 0 unspecified atom stereocenters. The summed E-state index contributed by atoms with van der Waals surface area (Å²) in [7, 11) is 0. The van der Waals surface area contributed by atoms with Crippen molar-refractivity contribution >= 4 is 17.0 Å². The van der Waals surface area contributed by atoms with E-state index < -0.39 is 0 Å². The molecule has 0 spiro atoms. The summed E-state index contributed by atoms with van der Waals surface area (Å²) in [5.74, 6) is 0. The maximum absolute atomic E-state index is 5.87. The predicted octanol–water partition coefficient (Wildman–Crippen LogP) is 3.79. The molecule has 0 saturated heterocycles. The van der Waals surface area contributed by atoms with Gasteiger partial charge in [0.15, 0.2) is 0 Å². The zero-order valence-corrected chi connectivity index (χ0v) is 11.8. The Morgan fingerprint density at radius 1 is 1.22 bits per heavy atom. The van der Waals surface area contributed by atoms with E-state index in [1.807, 2.05) is 18.3 Å². The molecule has 0 saturated carbocycles. The van der Waals surface area contributed by atoms with Crippen LogP contribution >= 0.6 is 11.3 Å². The van der Waals surface area contributed by atoms with Crippen molar-refractivity contribution in [2.75, 3.05) is 11.4 Å². The van der Waals surface area contributed by atoms with Gasteiger partial charge in [0, 0.05) is 23.2 Å². The fourth-order valence-corrected chi connectivity index (χ4v) is 2.68. The lowest BCUT2D eigenvalue weighted by Gasteiger charge is -2.23. The molecule has 0 fully saturated rings. The zero-order valence-electron chi connectivity index (χ0n) is 11.0. The van der Waals surface area contributed by atoms with E-state index in [1.165, 1.54) is 16.1 Å². The van der Waals surface area contributed by atoms with E-state index in [4.69, 9.17) is 5.73 Å². The summed E-state index contributed by atoms with van der Waals surface area (Å²) in [5, 5.41) is 2.13. The molecule has 1 atom stereocenters. The Labute approximate surface area is 113 Å². The summed E-state index contributed by atoms with van der Waals surface area (Å²) < 4.78 is 0. The SMILES string of the molecule is CCN(Cc1cccs1)c1ccc([C@H](C)N)cc1. The quantitative estimate of drug-likeness (QED) is 0.886. The van der Waals surface area contributed by atoms with Gasteiger partial charge >= 0.3 is 0 Å². The molecule has 2 aromatic rings. The van der Waals surface area contributed by atoms with Crippen molar-refractivity contribution in [3.63, 3.8) is 0 Å². The van der Waals surface area contributed by atoms with Gasteiger partial charge in [0.05, 0.1) is 6.54 Å². The fourth-order valence-electron chi connectivity index (χ4n) is 1.97. The van der Waals surface area contributed by atoms with Crippen LogP contribution in [0.5, 0.6) is 0 Å². The molecule has 1 aromatic carbocycles. The molecule has 2 nitrogen and oxygen atoms in total. The first-order chi connectivity index (χ1) is 8.70. The standard InChI is InChI=1S/C15H20N2S/c1-3-17(11-15-5-4-10-18-15)14-8-6-13(7-9-14)12(2)16/h4-10,12H,3,11,16H2,1-2H3/t12-/m0/s1. The van der Waals surface area contributed by atoms with E-state index in [0.717, 1.165) is 13.1 Å². The third kappa shape index (κ3) is 3.12. The summed E-state index contributed by atoms with van der Waals surface area (Å²) in [6.07, 6.45) is 0. The summed E-state index contributed by atoms with van der Waals surface area (Å²) in [4.78, 5) is 3.77. The number of nitrogens with zero attached hydrogens (tertiary/aromatic N) is 1. The Morgan fingerprint density at radius 3 is 2.44 bits per heavy atom. The maximum atomic E-state index is 5.87. The average Bonchev–Trinajstić information content (AvgIpc) is 2.89. The molecule has 1 aromatic heterocycles. The first kappa shape index (κ1) is 13.1. The lowest BCUT2D eigenvalue weighted by atomic mass is 10.1. The summed E-state index contributed by atoms with van der Waals surface area (Å²) in [6.45, 7) is 6.19. The summed E-state index contributed by atoms with van der Waals surface area (Å²) >= 11 is 1.81. The second-order valence-corrected chi connectivity index (χ2v) is 5.51. The van der Waals surface area contributed by atoms with Gasteiger partial charge < -0.3 is 10.6 Å². The minimum atomic E-state index is 0.103. The molecule has 2 rings (SSSR count). The average molecular weight is 260 g/mol. The van der Waals surface area contributed by atoms with Crippen LogP contribution in [0.15, 0.2) is 41.8 Å². The molecule has 3 heteroatoms. The summed E-state index contributed by atoms with van der Waals surface area (Å²) in [6, 6.07) is 13.0. The van der Waals surface area contributed by atoms with Crippen molar-refractivity contribution in [2.45, 2.75) is 26.4 Å². The molecule has 0 bridgehead atoms. The third-order valence-electron chi connectivity index (χ3n) is 3.09. The largest absolute Gasteiger partial charge is 0.367 e. The molecule has 1 heterocycles. The van der Waals surface area contributed by atoms with Crippen LogP contribution in [-0.4, -0.2) is 6.54 Å². The molecule has 96 valence electrons. The molecule has 2 N–H and O–H groups in total. The van der Waals surface area contributed by atoms with E-state index in [0.29, 0.717) is 0 Å². The van der Waals surface area contributed by atoms with Crippen molar-refractivity contribution in [1.82, 2.24) is 0 Å². The molecule has 0 amide bonds. The summed E-state index contributed by atoms with van der Waals surface area (Å²) in [5.41, 5.74) is 8.32. The van der Waals surface area contributed by atoms with Crippen LogP contribution in [-0.2, 0) is 6.54 Å². The Hall–Kier alpha value is -1.32. The number of benzene rings is 1. The van der Waals surface area contributed by atoms with E-state index >= 15 is 0 Å². The smallest absolute Gasteiger partial charge is 0.0522 e. The van der Waals surface area contributed by atoms with Gasteiger partial charge in [-0.05, 0) is 43.0 Å². The monoisotopic (exact) mass is 260 g/mol. The molecule has 0 radical (unpaired) electrons. The van der Waals surface area contributed by atoms with Crippen molar-refractivity contribution < 1.29 is 0 Å². The van der Waals surface area contributed by atoms with Gasteiger partial charge in [0.2, 0.25) is 0 Å². The maximum Gasteiger partial charge on any atom is 0.0522 e. The Morgan fingerprint density at radius 2 is 1.94 bits per heavy atom. The topological polar surface area (TPSA) is 29.3 Å². The highest BCUT2D eigenvalue weighted by Crippen LogP contribution is 2.21. The van der Waals surface area contributed by atoms with Crippen molar-refractivity contribution in [1.29, 1.82) is 0 Å². The van der Waals surface area contributed by atoms with E-state index in [1.54, 1.807) is 0 Å². The normalized spacial score (nSPS) is 12.4. The van der Waals surface area contributed by atoms with Crippen molar-refractivity contribution in [3.8, 4) is 0 Å². The number of rotatable bonds is 5.